The fourth-order valence-electron chi connectivity index (χ4n) is 3.10. The van der Waals surface area contributed by atoms with E-state index in [0.29, 0.717) is 24.8 Å². The predicted octanol–water partition coefficient (Wildman–Crippen LogP) is 2.87. The van der Waals surface area contributed by atoms with Crippen LogP contribution in [0, 0.1) is 17.0 Å². The zero-order chi connectivity index (χ0) is 19.9. The lowest BCUT2D eigenvalue weighted by atomic mass is 10.1. The van der Waals surface area contributed by atoms with Crippen LogP contribution in [0.4, 0.5) is 30.4 Å². The number of nitro groups is 1. The molecule has 0 saturated carbocycles. The van der Waals surface area contributed by atoms with Gasteiger partial charge in [0.05, 0.1) is 10.6 Å². The molecule has 2 heterocycles. The molecule has 1 fully saturated rings. The summed E-state index contributed by atoms with van der Waals surface area (Å²) in [7, 11) is 1.70. The number of aromatic nitrogens is 2. The first-order chi connectivity index (χ1) is 12.6. The summed E-state index contributed by atoms with van der Waals surface area (Å²) in [5.74, 6) is 0.298. The van der Waals surface area contributed by atoms with E-state index < -0.39 is 28.4 Å². The summed E-state index contributed by atoms with van der Waals surface area (Å²) in [6, 6.07) is 3.61. The number of carbonyl (C=O) groups is 1. The normalized spacial score (nSPS) is 17.4. The Bertz CT molecular complexity index is 909. The van der Waals surface area contributed by atoms with Crippen molar-refractivity contribution in [3.63, 3.8) is 0 Å². The molecule has 1 saturated heterocycles. The highest BCUT2D eigenvalue weighted by atomic mass is 19.4. The molecule has 0 aliphatic carbocycles. The molecule has 1 N–H and O–H groups in total. The van der Waals surface area contributed by atoms with Crippen LogP contribution >= 0.6 is 0 Å². The molecule has 1 aromatic heterocycles. The van der Waals surface area contributed by atoms with Crippen LogP contribution in [0.5, 0.6) is 0 Å². The Kier molecular flexibility index (Phi) is 4.54. The second kappa shape index (κ2) is 6.56. The van der Waals surface area contributed by atoms with E-state index >= 15 is 0 Å². The molecular formula is C16H16F3N5O3. The maximum Gasteiger partial charge on any atom is 0.423 e. The van der Waals surface area contributed by atoms with E-state index in [2.05, 4.69) is 10.4 Å². The largest absolute Gasteiger partial charge is 0.423 e. The predicted molar refractivity (Wildman–Crippen MR) is 90.4 cm³/mol. The topological polar surface area (TPSA) is 93.3 Å². The number of rotatable bonds is 4. The van der Waals surface area contributed by atoms with Gasteiger partial charge in [0.25, 0.3) is 11.6 Å². The molecule has 2 aromatic rings. The zero-order valence-electron chi connectivity index (χ0n) is 14.4. The number of nitro benzene ring substituents is 1. The Hall–Kier alpha value is -3.11. The molecule has 0 spiro atoms. The summed E-state index contributed by atoms with van der Waals surface area (Å²) in [5, 5.41) is 17.8. The molecule has 1 amide bonds. The Balaban J connectivity index is 1.83. The third kappa shape index (κ3) is 3.57. The highest BCUT2D eigenvalue weighted by Crippen LogP contribution is 2.38. The first-order valence-electron chi connectivity index (χ1n) is 8.02. The first-order valence-corrected chi connectivity index (χ1v) is 8.02. The van der Waals surface area contributed by atoms with Gasteiger partial charge in [-0.1, -0.05) is 0 Å². The van der Waals surface area contributed by atoms with Crippen molar-refractivity contribution in [2.45, 2.75) is 25.6 Å². The molecule has 8 nitrogen and oxygen atoms in total. The molecule has 1 aliphatic heterocycles. The van der Waals surface area contributed by atoms with Crippen molar-refractivity contribution < 1.29 is 22.9 Å². The molecule has 1 atom stereocenters. The smallest absolute Gasteiger partial charge is 0.374 e. The molecule has 0 bridgehead atoms. The minimum Gasteiger partial charge on any atom is -0.374 e. The number of carbonyl (C=O) groups excluding carboxylic acids is 1. The molecule has 0 radical (unpaired) electrons. The monoisotopic (exact) mass is 383 g/mol. The number of alkyl halides is 3. The van der Waals surface area contributed by atoms with Crippen LogP contribution < -0.4 is 10.2 Å². The molecule has 11 heteroatoms. The molecule has 27 heavy (non-hydrogen) atoms. The van der Waals surface area contributed by atoms with Crippen LogP contribution in [0.3, 0.4) is 0 Å². The first kappa shape index (κ1) is 18.7. The maximum absolute atomic E-state index is 13.1. The van der Waals surface area contributed by atoms with E-state index in [-0.39, 0.29) is 11.6 Å². The standard InChI is InChI=1S/C16H16F3N5O3/c1-9-7-14(22(2)21-9)23-6-5-12(15(23)25)20-10-3-4-13(24(26)27)11(8-10)16(17,18)19/h3-4,7-8,12,20H,5-6H2,1-2H3. The van der Waals surface area contributed by atoms with E-state index in [0.717, 1.165) is 17.8 Å². The van der Waals surface area contributed by atoms with Gasteiger partial charge in [0.1, 0.15) is 17.4 Å². The lowest BCUT2D eigenvalue weighted by Crippen LogP contribution is -2.34. The van der Waals surface area contributed by atoms with Crippen molar-refractivity contribution in [2.75, 3.05) is 16.8 Å². The van der Waals surface area contributed by atoms with E-state index in [4.69, 9.17) is 0 Å². The lowest BCUT2D eigenvalue weighted by Gasteiger charge is -2.18. The fraction of sp³-hybridized carbons (Fsp3) is 0.375. The highest BCUT2D eigenvalue weighted by molar-refractivity contribution is 6.00. The van der Waals surface area contributed by atoms with Crippen molar-refractivity contribution in [3.8, 4) is 0 Å². The Morgan fingerprint density at radius 3 is 2.59 bits per heavy atom. The fourth-order valence-corrected chi connectivity index (χ4v) is 3.10. The number of amides is 1. The summed E-state index contributed by atoms with van der Waals surface area (Å²) >= 11 is 0. The molecule has 144 valence electrons. The molecule has 1 aliphatic rings. The van der Waals surface area contributed by atoms with Gasteiger partial charge in [0, 0.05) is 31.4 Å². The number of nitrogens with zero attached hydrogens (tertiary/aromatic N) is 4. The minimum absolute atomic E-state index is 0.00527. The molecule has 1 aromatic carbocycles. The number of nitrogens with one attached hydrogen (secondary N) is 1. The van der Waals surface area contributed by atoms with Gasteiger partial charge >= 0.3 is 6.18 Å². The van der Waals surface area contributed by atoms with Gasteiger partial charge in [-0.25, -0.2) is 0 Å². The van der Waals surface area contributed by atoms with Gasteiger partial charge in [-0.2, -0.15) is 18.3 Å². The Labute approximate surface area is 151 Å². The maximum atomic E-state index is 13.1. The number of hydrogen-bond acceptors (Lipinski definition) is 5. The van der Waals surface area contributed by atoms with Crippen molar-refractivity contribution in [1.29, 1.82) is 0 Å². The van der Waals surface area contributed by atoms with Crippen molar-refractivity contribution in [1.82, 2.24) is 9.78 Å². The third-order valence-corrected chi connectivity index (χ3v) is 4.30. The van der Waals surface area contributed by atoms with Crippen LogP contribution in [0.2, 0.25) is 0 Å². The Morgan fingerprint density at radius 1 is 1.33 bits per heavy atom. The summed E-state index contributed by atoms with van der Waals surface area (Å²) in [5.41, 5.74) is -1.66. The van der Waals surface area contributed by atoms with Gasteiger partial charge in [0.2, 0.25) is 0 Å². The molecule has 1 unspecified atom stereocenters. The summed E-state index contributed by atoms with van der Waals surface area (Å²) < 4.78 is 40.8. The Morgan fingerprint density at radius 2 is 2.04 bits per heavy atom. The minimum atomic E-state index is -4.88. The van der Waals surface area contributed by atoms with Crippen LogP contribution in [-0.4, -0.2) is 33.2 Å². The second-order valence-electron chi connectivity index (χ2n) is 6.23. The van der Waals surface area contributed by atoms with Gasteiger partial charge in [-0.15, -0.1) is 0 Å². The van der Waals surface area contributed by atoms with E-state index in [1.165, 1.54) is 4.90 Å². The average Bonchev–Trinajstić information content (AvgIpc) is 3.08. The van der Waals surface area contributed by atoms with E-state index in [1.807, 2.05) is 0 Å². The van der Waals surface area contributed by atoms with Gasteiger partial charge in [-0.3, -0.25) is 24.5 Å². The third-order valence-electron chi connectivity index (χ3n) is 4.30. The molecule has 3 rings (SSSR count). The number of halogens is 3. The van der Waals surface area contributed by atoms with Crippen LogP contribution in [0.25, 0.3) is 0 Å². The summed E-state index contributed by atoms with van der Waals surface area (Å²) in [6.45, 7) is 2.17. The van der Waals surface area contributed by atoms with Gasteiger partial charge in [0.15, 0.2) is 0 Å². The van der Waals surface area contributed by atoms with E-state index in [9.17, 15) is 28.1 Å². The van der Waals surface area contributed by atoms with Crippen LogP contribution in [0.1, 0.15) is 17.7 Å². The van der Waals surface area contributed by atoms with Crippen molar-refractivity contribution in [3.05, 3.63) is 45.6 Å². The number of aryl methyl sites for hydroxylation is 2. The number of anilines is 2. The van der Waals surface area contributed by atoms with Gasteiger partial charge in [-0.05, 0) is 25.5 Å². The number of hydrogen-bond donors (Lipinski definition) is 1. The van der Waals surface area contributed by atoms with Crippen LogP contribution in [0.15, 0.2) is 24.3 Å². The lowest BCUT2D eigenvalue weighted by molar-refractivity contribution is -0.388. The number of benzene rings is 1. The highest BCUT2D eigenvalue weighted by Gasteiger charge is 2.39. The zero-order valence-corrected chi connectivity index (χ0v) is 14.4. The van der Waals surface area contributed by atoms with Gasteiger partial charge < -0.3 is 5.32 Å². The molecular weight excluding hydrogens is 367 g/mol. The van der Waals surface area contributed by atoms with E-state index in [1.54, 1.807) is 24.7 Å². The summed E-state index contributed by atoms with van der Waals surface area (Å²) in [6.07, 6.45) is -4.50. The summed E-state index contributed by atoms with van der Waals surface area (Å²) in [4.78, 5) is 23.9. The quantitative estimate of drug-likeness (QED) is 0.647. The SMILES string of the molecule is Cc1cc(N2CCC(Nc3ccc([N+](=O)[O-])c(C(F)(F)F)c3)C2=O)n(C)n1. The van der Waals surface area contributed by atoms with Crippen molar-refractivity contribution in [2.24, 2.45) is 7.05 Å². The van der Waals surface area contributed by atoms with Crippen molar-refractivity contribution >= 4 is 23.1 Å². The second-order valence-corrected chi connectivity index (χ2v) is 6.23. The average molecular weight is 383 g/mol. The van der Waals surface area contributed by atoms with Crippen LogP contribution in [-0.2, 0) is 18.0 Å².